The maximum atomic E-state index is 12.4. The zero-order chi connectivity index (χ0) is 13.8. The van der Waals surface area contributed by atoms with E-state index in [2.05, 4.69) is 20.3 Å². The van der Waals surface area contributed by atoms with Gasteiger partial charge < -0.3 is 10.2 Å². The Labute approximate surface area is 119 Å². The topological polar surface area (TPSA) is 63.1 Å². The maximum absolute atomic E-state index is 12.4. The van der Waals surface area contributed by atoms with E-state index in [0.29, 0.717) is 25.0 Å². The number of aryl methyl sites for hydroxylation is 1. The minimum absolute atomic E-state index is 0.260. The Kier molecular flexibility index (Phi) is 4.30. The summed E-state index contributed by atoms with van der Waals surface area (Å²) in [4.78, 5) is 18.4. The molecule has 0 aromatic carbocycles. The summed E-state index contributed by atoms with van der Waals surface area (Å²) in [6.45, 7) is 2.59. The van der Waals surface area contributed by atoms with E-state index in [-0.39, 0.29) is 5.91 Å². The summed E-state index contributed by atoms with van der Waals surface area (Å²) in [5.41, 5.74) is 0. The number of carbonyl (C=O) groups is 1. The van der Waals surface area contributed by atoms with E-state index < -0.39 is 0 Å². The fourth-order valence-electron chi connectivity index (χ4n) is 2.86. The Morgan fingerprint density at radius 3 is 2.90 bits per heavy atom. The molecule has 2 fully saturated rings. The standard InChI is InChI=1S/C14H23N5O/c20-14(6-8-18-11-15-10-17-18)19(13-4-5-13)9-12-3-1-2-7-16-12/h10-13,16H,1-9H2. The van der Waals surface area contributed by atoms with E-state index >= 15 is 0 Å². The van der Waals surface area contributed by atoms with Gasteiger partial charge in [-0.25, -0.2) is 4.98 Å². The summed E-state index contributed by atoms with van der Waals surface area (Å²) >= 11 is 0. The Morgan fingerprint density at radius 2 is 2.25 bits per heavy atom. The van der Waals surface area contributed by atoms with Crippen LogP contribution in [0.2, 0.25) is 0 Å². The molecule has 2 aliphatic rings. The number of aromatic nitrogens is 3. The number of rotatable bonds is 6. The molecule has 1 aromatic rings. The lowest BCUT2D eigenvalue weighted by atomic mass is 10.0. The normalized spacial score (nSPS) is 22.7. The Bertz CT molecular complexity index is 423. The second-order valence-corrected chi connectivity index (χ2v) is 5.83. The maximum Gasteiger partial charge on any atom is 0.224 e. The van der Waals surface area contributed by atoms with Crippen molar-refractivity contribution in [2.45, 2.75) is 57.2 Å². The highest BCUT2D eigenvalue weighted by atomic mass is 16.2. The molecule has 0 bridgehead atoms. The van der Waals surface area contributed by atoms with Crippen molar-refractivity contribution in [2.24, 2.45) is 0 Å². The highest BCUT2D eigenvalue weighted by Crippen LogP contribution is 2.28. The van der Waals surface area contributed by atoms with Crippen LogP contribution < -0.4 is 5.32 Å². The molecular weight excluding hydrogens is 254 g/mol. The van der Waals surface area contributed by atoms with Crippen LogP contribution in [0, 0.1) is 0 Å². The van der Waals surface area contributed by atoms with Gasteiger partial charge in [-0.15, -0.1) is 0 Å². The van der Waals surface area contributed by atoms with Crippen molar-refractivity contribution in [2.75, 3.05) is 13.1 Å². The van der Waals surface area contributed by atoms with Crippen molar-refractivity contribution in [1.29, 1.82) is 0 Å². The average molecular weight is 277 g/mol. The second-order valence-electron chi connectivity index (χ2n) is 5.83. The van der Waals surface area contributed by atoms with Gasteiger partial charge in [0, 0.05) is 25.0 Å². The fourth-order valence-corrected chi connectivity index (χ4v) is 2.86. The van der Waals surface area contributed by atoms with E-state index in [9.17, 15) is 4.79 Å². The molecule has 1 amide bonds. The number of hydrogen-bond donors (Lipinski definition) is 1. The number of piperidine rings is 1. The first-order chi connectivity index (χ1) is 9.83. The first-order valence-corrected chi connectivity index (χ1v) is 7.68. The van der Waals surface area contributed by atoms with E-state index in [1.807, 2.05) is 0 Å². The molecule has 1 aliphatic carbocycles. The molecule has 1 saturated heterocycles. The van der Waals surface area contributed by atoms with Crippen LogP contribution in [0.5, 0.6) is 0 Å². The molecule has 1 aromatic heterocycles. The molecule has 1 aliphatic heterocycles. The van der Waals surface area contributed by atoms with Gasteiger partial charge in [0.2, 0.25) is 5.91 Å². The van der Waals surface area contributed by atoms with Crippen LogP contribution in [0.15, 0.2) is 12.7 Å². The third-order valence-electron chi connectivity index (χ3n) is 4.16. The van der Waals surface area contributed by atoms with Crippen LogP contribution >= 0.6 is 0 Å². The molecule has 20 heavy (non-hydrogen) atoms. The largest absolute Gasteiger partial charge is 0.338 e. The van der Waals surface area contributed by atoms with Crippen molar-refractivity contribution < 1.29 is 4.79 Å². The summed E-state index contributed by atoms with van der Waals surface area (Å²) in [6.07, 6.45) is 9.77. The molecule has 0 spiro atoms. The zero-order valence-corrected chi connectivity index (χ0v) is 11.9. The molecular formula is C14H23N5O. The van der Waals surface area contributed by atoms with E-state index in [1.54, 1.807) is 11.0 Å². The van der Waals surface area contributed by atoms with Gasteiger partial charge in [-0.1, -0.05) is 6.42 Å². The number of nitrogens with zero attached hydrogens (tertiary/aromatic N) is 4. The van der Waals surface area contributed by atoms with Crippen molar-refractivity contribution in [3.05, 3.63) is 12.7 Å². The number of nitrogens with one attached hydrogen (secondary N) is 1. The van der Waals surface area contributed by atoms with Gasteiger partial charge in [-0.2, -0.15) is 5.10 Å². The molecule has 1 saturated carbocycles. The molecule has 110 valence electrons. The SMILES string of the molecule is O=C(CCn1cncn1)N(CC1CCCCN1)C1CC1. The highest BCUT2D eigenvalue weighted by Gasteiger charge is 2.33. The smallest absolute Gasteiger partial charge is 0.224 e. The lowest BCUT2D eigenvalue weighted by molar-refractivity contribution is -0.132. The summed E-state index contributed by atoms with van der Waals surface area (Å²) < 4.78 is 1.72. The van der Waals surface area contributed by atoms with Crippen LogP contribution in [-0.4, -0.2) is 50.7 Å². The van der Waals surface area contributed by atoms with Gasteiger partial charge in [-0.05, 0) is 32.2 Å². The quantitative estimate of drug-likeness (QED) is 0.835. The summed E-state index contributed by atoms with van der Waals surface area (Å²) in [6, 6.07) is 0.974. The van der Waals surface area contributed by atoms with Crippen LogP contribution in [0.1, 0.15) is 38.5 Å². The monoisotopic (exact) mass is 277 g/mol. The van der Waals surface area contributed by atoms with Crippen LogP contribution in [0.25, 0.3) is 0 Å². The predicted octanol–water partition coefficient (Wildman–Crippen LogP) is 0.801. The molecule has 2 heterocycles. The average Bonchev–Trinajstić information content (AvgIpc) is 3.19. The van der Waals surface area contributed by atoms with Gasteiger partial charge in [0.1, 0.15) is 12.7 Å². The number of carbonyl (C=O) groups excluding carboxylic acids is 1. The number of hydrogen-bond acceptors (Lipinski definition) is 4. The van der Waals surface area contributed by atoms with Crippen LogP contribution in [0.4, 0.5) is 0 Å². The molecule has 6 nitrogen and oxygen atoms in total. The lowest BCUT2D eigenvalue weighted by Gasteiger charge is -2.31. The highest BCUT2D eigenvalue weighted by molar-refractivity contribution is 5.76. The van der Waals surface area contributed by atoms with Gasteiger partial charge in [-0.3, -0.25) is 9.48 Å². The Balaban J connectivity index is 1.51. The predicted molar refractivity (Wildman–Crippen MR) is 75.0 cm³/mol. The van der Waals surface area contributed by atoms with E-state index in [0.717, 1.165) is 13.1 Å². The Morgan fingerprint density at radius 1 is 1.35 bits per heavy atom. The summed E-state index contributed by atoms with van der Waals surface area (Å²) in [5.74, 6) is 0.260. The summed E-state index contributed by atoms with van der Waals surface area (Å²) in [7, 11) is 0. The lowest BCUT2D eigenvalue weighted by Crippen LogP contribution is -2.46. The van der Waals surface area contributed by atoms with E-state index in [1.165, 1.54) is 38.4 Å². The van der Waals surface area contributed by atoms with Gasteiger partial charge in [0.25, 0.3) is 0 Å². The van der Waals surface area contributed by atoms with Gasteiger partial charge in [0.05, 0.1) is 6.54 Å². The fraction of sp³-hybridized carbons (Fsp3) is 0.786. The second kappa shape index (κ2) is 6.35. The zero-order valence-electron chi connectivity index (χ0n) is 11.9. The summed E-state index contributed by atoms with van der Waals surface area (Å²) in [5, 5.41) is 7.58. The first kappa shape index (κ1) is 13.5. The van der Waals surface area contributed by atoms with Crippen molar-refractivity contribution in [3.8, 4) is 0 Å². The van der Waals surface area contributed by atoms with E-state index in [4.69, 9.17) is 0 Å². The molecule has 1 N–H and O–H groups in total. The Hall–Kier alpha value is -1.43. The van der Waals surface area contributed by atoms with Crippen molar-refractivity contribution in [3.63, 3.8) is 0 Å². The van der Waals surface area contributed by atoms with Gasteiger partial charge >= 0.3 is 0 Å². The molecule has 3 rings (SSSR count). The molecule has 0 radical (unpaired) electrons. The van der Waals surface area contributed by atoms with Crippen LogP contribution in [-0.2, 0) is 11.3 Å². The molecule has 1 atom stereocenters. The third-order valence-corrected chi connectivity index (χ3v) is 4.16. The first-order valence-electron chi connectivity index (χ1n) is 7.68. The molecule has 1 unspecified atom stereocenters. The number of amides is 1. The van der Waals surface area contributed by atoms with Crippen molar-refractivity contribution in [1.82, 2.24) is 25.0 Å². The minimum Gasteiger partial charge on any atom is -0.338 e. The minimum atomic E-state index is 0.260. The van der Waals surface area contributed by atoms with Crippen LogP contribution in [0.3, 0.4) is 0 Å². The van der Waals surface area contributed by atoms with Crippen molar-refractivity contribution >= 4 is 5.91 Å². The van der Waals surface area contributed by atoms with Gasteiger partial charge in [0.15, 0.2) is 0 Å². The third kappa shape index (κ3) is 3.56. The molecule has 6 heteroatoms.